The van der Waals surface area contributed by atoms with Crippen molar-refractivity contribution in [3.05, 3.63) is 34.9 Å². The van der Waals surface area contributed by atoms with Gasteiger partial charge in [-0.3, -0.25) is 0 Å². The van der Waals surface area contributed by atoms with Crippen LogP contribution in [0.2, 0.25) is 0 Å². The maximum absolute atomic E-state index is 9.03. The third-order valence-electron chi connectivity index (χ3n) is 3.90. The van der Waals surface area contributed by atoms with E-state index in [9.17, 15) is 0 Å². The number of hydrogen-bond donors (Lipinski definition) is 1. The van der Waals surface area contributed by atoms with Crippen LogP contribution in [-0.4, -0.2) is 11.7 Å². The molecule has 0 saturated heterocycles. The number of aliphatic hydroxyl groups is 1. The van der Waals surface area contributed by atoms with E-state index < -0.39 is 0 Å². The van der Waals surface area contributed by atoms with Crippen molar-refractivity contribution in [2.45, 2.75) is 59.8 Å². The number of rotatable bonds is 5. The molecule has 0 bridgehead atoms. The zero-order valence-corrected chi connectivity index (χ0v) is 12.4. The summed E-state index contributed by atoms with van der Waals surface area (Å²) in [5.74, 6) is 0. The molecule has 1 aliphatic rings. The molecule has 0 aromatic rings. The van der Waals surface area contributed by atoms with Gasteiger partial charge < -0.3 is 5.11 Å². The minimum Gasteiger partial charge on any atom is -0.392 e. The van der Waals surface area contributed by atoms with Gasteiger partial charge in [0.15, 0.2) is 0 Å². The van der Waals surface area contributed by atoms with Gasteiger partial charge in [-0.1, -0.05) is 51.0 Å². The smallest absolute Gasteiger partial charge is 0.0618 e. The van der Waals surface area contributed by atoms with E-state index in [1.54, 1.807) is 0 Å². The molecule has 1 nitrogen and oxygen atoms in total. The topological polar surface area (TPSA) is 20.2 Å². The largest absolute Gasteiger partial charge is 0.392 e. The third-order valence-corrected chi connectivity index (χ3v) is 3.90. The van der Waals surface area contributed by atoms with Crippen LogP contribution >= 0.6 is 0 Å². The van der Waals surface area contributed by atoms with Gasteiger partial charge >= 0.3 is 0 Å². The summed E-state index contributed by atoms with van der Waals surface area (Å²) in [5.41, 5.74) is 4.58. The zero-order valence-electron chi connectivity index (χ0n) is 12.4. The van der Waals surface area contributed by atoms with Crippen molar-refractivity contribution < 1.29 is 5.11 Å². The predicted octanol–water partition coefficient (Wildman–Crippen LogP) is 4.79. The molecule has 0 fully saturated rings. The molecule has 0 amide bonds. The van der Waals surface area contributed by atoms with E-state index in [2.05, 4.69) is 39.8 Å². The number of hydrogen-bond acceptors (Lipinski definition) is 1. The van der Waals surface area contributed by atoms with Crippen LogP contribution in [0.1, 0.15) is 59.8 Å². The van der Waals surface area contributed by atoms with Crippen molar-refractivity contribution >= 4 is 0 Å². The summed E-state index contributed by atoms with van der Waals surface area (Å²) < 4.78 is 0. The molecule has 0 radical (unpaired) electrons. The Hall–Kier alpha value is -0.820. The highest BCUT2D eigenvalue weighted by Crippen LogP contribution is 2.40. The predicted molar refractivity (Wildman–Crippen MR) is 79.5 cm³/mol. The molecular formula is C17H28O. The lowest BCUT2D eigenvalue weighted by atomic mass is 9.72. The van der Waals surface area contributed by atoms with Crippen molar-refractivity contribution in [2.24, 2.45) is 5.41 Å². The highest BCUT2D eigenvalue weighted by atomic mass is 16.2. The van der Waals surface area contributed by atoms with Gasteiger partial charge in [-0.2, -0.15) is 0 Å². The van der Waals surface area contributed by atoms with Crippen LogP contribution in [0.25, 0.3) is 0 Å². The van der Waals surface area contributed by atoms with Crippen LogP contribution in [0.3, 0.4) is 0 Å². The fourth-order valence-electron chi connectivity index (χ4n) is 2.86. The van der Waals surface area contributed by atoms with Crippen LogP contribution < -0.4 is 0 Å². The average Bonchev–Trinajstić information content (AvgIpc) is 2.28. The van der Waals surface area contributed by atoms with E-state index in [-0.39, 0.29) is 6.61 Å². The first-order chi connectivity index (χ1) is 8.51. The Labute approximate surface area is 112 Å². The molecule has 0 aromatic heterocycles. The molecule has 1 aliphatic carbocycles. The van der Waals surface area contributed by atoms with E-state index in [0.29, 0.717) is 5.41 Å². The molecule has 0 heterocycles. The summed E-state index contributed by atoms with van der Waals surface area (Å²) in [4.78, 5) is 0. The quantitative estimate of drug-likeness (QED) is 0.694. The van der Waals surface area contributed by atoms with E-state index in [1.165, 1.54) is 36.0 Å². The first-order valence-electron chi connectivity index (χ1n) is 7.19. The molecule has 0 aromatic carbocycles. The van der Waals surface area contributed by atoms with Crippen molar-refractivity contribution in [1.29, 1.82) is 0 Å². The maximum Gasteiger partial charge on any atom is 0.0618 e. The molecule has 18 heavy (non-hydrogen) atoms. The van der Waals surface area contributed by atoms with Crippen molar-refractivity contribution in [3.8, 4) is 0 Å². The van der Waals surface area contributed by atoms with Gasteiger partial charge in [0.05, 0.1) is 6.61 Å². The first kappa shape index (κ1) is 15.2. The summed E-state index contributed by atoms with van der Waals surface area (Å²) in [6.45, 7) is 9.25. The average molecular weight is 248 g/mol. The SMILES string of the molecule is CCCC(=C/CO)/C=C/C1=C(C)CCCC1(C)C. The van der Waals surface area contributed by atoms with Crippen LogP contribution in [0.5, 0.6) is 0 Å². The fourth-order valence-corrected chi connectivity index (χ4v) is 2.86. The highest BCUT2D eigenvalue weighted by Gasteiger charge is 2.26. The van der Waals surface area contributed by atoms with Crippen LogP contribution in [0.4, 0.5) is 0 Å². The molecular weight excluding hydrogens is 220 g/mol. The maximum atomic E-state index is 9.03. The Kier molecular flexibility index (Phi) is 5.87. The first-order valence-corrected chi connectivity index (χ1v) is 7.19. The van der Waals surface area contributed by atoms with Gasteiger partial charge in [0.2, 0.25) is 0 Å². The molecule has 0 atom stereocenters. The molecule has 102 valence electrons. The zero-order chi connectivity index (χ0) is 13.6. The lowest BCUT2D eigenvalue weighted by Crippen LogP contribution is -2.19. The minimum atomic E-state index is 0.140. The van der Waals surface area contributed by atoms with Crippen LogP contribution in [0, 0.1) is 5.41 Å². The van der Waals surface area contributed by atoms with Gasteiger partial charge in [0, 0.05) is 0 Å². The lowest BCUT2D eigenvalue weighted by molar-refractivity contribution is 0.341. The molecule has 0 unspecified atom stereocenters. The second-order valence-corrected chi connectivity index (χ2v) is 5.98. The Morgan fingerprint density at radius 2 is 2.11 bits per heavy atom. The summed E-state index contributed by atoms with van der Waals surface area (Å²) in [7, 11) is 0. The molecule has 0 spiro atoms. The second kappa shape index (κ2) is 6.94. The Balaban J connectivity index is 2.90. The van der Waals surface area contributed by atoms with E-state index >= 15 is 0 Å². The van der Waals surface area contributed by atoms with E-state index in [1.807, 2.05) is 6.08 Å². The van der Waals surface area contributed by atoms with E-state index in [0.717, 1.165) is 12.8 Å². The Morgan fingerprint density at radius 1 is 1.39 bits per heavy atom. The molecule has 1 N–H and O–H groups in total. The van der Waals surface area contributed by atoms with Gasteiger partial charge in [-0.05, 0) is 49.2 Å². The monoisotopic (exact) mass is 248 g/mol. The van der Waals surface area contributed by atoms with Crippen molar-refractivity contribution in [2.75, 3.05) is 6.61 Å². The summed E-state index contributed by atoms with van der Waals surface area (Å²) in [5, 5.41) is 9.03. The van der Waals surface area contributed by atoms with Crippen molar-refractivity contribution in [3.63, 3.8) is 0 Å². The van der Waals surface area contributed by atoms with Gasteiger partial charge in [-0.15, -0.1) is 0 Å². The standard InChI is InChI=1S/C17H28O/c1-5-7-15(11-13-18)9-10-16-14(2)8-6-12-17(16,3)4/h9-11,18H,5-8,12-13H2,1-4H3/b10-9+,15-11-. The van der Waals surface area contributed by atoms with Gasteiger partial charge in [0.25, 0.3) is 0 Å². The highest BCUT2D eigenvalue weighted by molar-refractivity contribution is 5.36. The van der Waals surface area contributed by atoms with Gasteiger partial charge in [-0.25, -0.2) is 0 Å². The minimum absolute atomic E-state index is 0.140. The second-order valence-electron chi connectivity index (χ2n) is 5.98. The van der Waals surface area contributed by atoms with Gasteiger partial charge in [0.1, 0.15) is 0 Å². The van der Waals surface area contributed by atoms with Crippen molar-refractivity contribution in [1.82, 2.24) is 0 Å². The number of aliphatic hydroxyl groups excluding tert-OH is 1. The molecule has 1 rings (SSSR count). The summed E-state index contributed by atoms with van der Waals surface area (Å²) in [6, 6.07) is 0. The summed E-state index contributed by atoms with van der Waals surface area (Å²) >= 11 is 0. The third kappa shape index (κ3) is 4.13. The Bertz CT molecular complexity index is 356. The normalized spacial score (nSPS) is 20.8. The molecule has 0 saturated carbocycles. The molecule has 1 heteroatoms. The number of allylic oxidation sites excluding steroid dienone is 5. The van der Waals surface area contributed by atoms with Crippen LogP contribution in [0.15, 0.2) is 34.9 Å². The van der Waals surface area contributed by atoms with Crippen LogP contribution in [-0.2, 0) is 0 Å². The van der Waals surface area contributed by atoms with E-state index in [4.69, 9.17) is 5.11 Å². The molecule has 0 aliphatic heterocycles. The Morgan fingerprint density at radius 3 is 2.67 bits per heavy atom. The fraction of sp³-hybridized carbons (Fsp3) is 0.647. The summed E-state index contributed by atoms with van der Waals surface area (Å²) in [6.07, 6.45) is 12.4. The lowest BCUT2D eigenvalue weighted by Gasteiger charge is -2.33.